The van der Waals surface area contributed by atoms with Gasteiger partial charge in [0, 0.05) is 17.3 Å². The summed E-state index contributed by atoms with van der Waals surface area (Å²) in [5.41, 5.74) is 6.56. The van der Waals surface area contributed by atoms with Crippen LogP contribution >= 0.6 is 0 Å². The Morgan fingerprint density at radius 1 is 1.56 bits per heavy atom. The molecular weight excluding hydrogens is 232 g/mol. The highest BCUT2D eigenvalue weighted by molar-refractivity contribution is 5.92. The predicted octanol–water partition coefficient (Wildman–Crippen LogP) is 0.875. The topological polar surface area (TPSA) is 95.6 Å². The Bertz CT molecular complexity index is 440. The van der Waals surface area contributed by atoms with Crippen molar-refractivity contribution >= 4 is 17.7 Å². The number of aliphatic hydroxyl groups is 1. The SMILES string of the molecule is CCC(CO)NC(=O)/C=C/c1cc(N)ccc1O. The minimum absolute atomic E-state index is 0.0578. The number of amides is 1. The molecule has 98 valence electrons. The molecule has 1 rings (SSSR count). The molecule has 1 aromatic rings. The monoisotopic (exact) mass is 250 g/mol. The number of carbonyl (C=O) groups excluding carboxylic acids is 1. The zero-order chi connectivity index (χ0) is 13.5. The Morgan fingerprint density at radius 3 is 2.89 bits per heavy atom. The zero-order valence-corrected chi connectivity index (χ0v) is 10.3. The lowest BCUT2D eigenvalue weighted by atomic mass is 10.1. The van der Waals surface area contributed by atoms with E-state index in [-0.39, 0.29) is 24.3 Å². The van der Waals surface area contributed by atoms with Crippen LogP contribution in [0, 0.1) is 0 Å². The molecule has 0 aliphatic heterocycles. The molecule has 1 atom stereocenters. The van der Waals surface area contributed by atoms with E-state index in [9.17, 15) is 9.90 Å². The van der Waals surface area contributed by atoms with Crippen LogP contribution in [0.1, 0.15) is 18.9 Å². The third-order valence-corrected chi connectivity index (χ3v) is 2.53. The van der Waals surface area contributed by atoms with Crippen LogP contribution in [0.3, 0.4) is 0 Å². The normalized spacial score (nSPS) is 12.6. The van der Waals surface area contributed by atoms with Gasteiger partial charge in [-0.25, -0.2) is 0 Å². The number of carbonyl (C=O) groups is 1. The van der Waals surface area contributed by atoms with Gasteiger partial charge in [0.05, 0.1) is 12.6 Å². The molecule has 0 aromatic heterocycles. The molecule has 0 heterocycles. The number of anilines is 1. The summed E-state index contributed by atoms with van der Waals surface area (Å²) in [5.74, 6) is -0.264. The third-order valence-electron chi connectivity index (χ3n) is 2.53. The van der Waals surface area contributed by atoms with Crippen molar-refractivity contribution in [2.45, 2.75) is 19.4 Å². The number of phenolic OH excluding ortho intramolecular Hbond substituents is 1. The average molecular weight is 250 g/mol. The van der Waals surface area contributed by atoms with E-state index in [4.69, 9.17) is 10.8 Å². The van der Waals surface area contributed by atoms with E-state index in [1.165, 1.54) is 18.2 Å². The molecule has 1 aromatic carbocycles. The van der Waals surface area contributed by atoms with Gasteiger partial charge < -0.3 is 21.3 Å². The summed E-state index contributed by atoms with van der Waals surface area (Å²) in [4.78, 5) is 11.5. The fourth-order valence-electron chi connectivity index (χ4n) is 1.40. The smallest absolute Gasteiger partial charge is 0.244 e. The largest absolute Gasteiger partial charge is 0.507 e. The molecule has 0 fully saturated rings. The van der Waals surface area contributed by atoms with Gasteiger partial charge in [-0.15, -0.1) is 0 Å². The Kier molecular flexibility index (Phi) is 5.20. The molecule has 18 heavy (non-hydrogen) atoms. The van der Waals surface area contributed by atoms with Crippen molar-refractivity contribution in [2.24, 2.45) is 0 Å². The van der Waals surface area contributed by atoms with E-state index in [2.05, 4.69) is 5.32 Å². The van der Waals surface area contributed by atoms with Gasteiger partial charge in [-0.3, -0.25) is 4.79 Å². The van der Waals surface area contributed by atoms with Gasteiger partial charge >= 0.3 is 0 Å². The minimum atomic E-state index is -0.322. The highest BCUT2D eigenvalue weighted by Gasteiger charge is 2.06. The first kappa shape index (κ1) is 14.1. The van der Waals surface area contributed by atoms with Crippen LogP contribution < -0.4 is 11.1 Å². The molecule has 0 aliphatic carbocycles. The van der Waals surface area contributed by atoms with Crippen LogP contribution in [0.5, 0.6) is 5.75 Å². The standard InChI is InChI=1S/C13H18N2O3/c1-2-11(8-16)15-13(18)6-3-9-7-10(14)4-5-12(9)17/h3-7,11,16-17H,2,8,14H2,1H3,(H,15,18)/b6-3+. The molecule has 5 nitrogen and oxygen atoms in total. The minimum Gasteiger partial charge on any atom is -0.507 e. The van der Waals surface area contributed by atoms with Crippen molar-refractivity contribution in [3.8, 4) is 5.75 Å². The Balaban J connectivity index is 2.68. The van der Waals surface area contributed by atoms with Gasteiger partial charge in [0.1, 0.15) is 5.75 Å². The number of rotatable bonds is 5. The van der Waals surface area contributed by atoms with Gasteiger partial charge in [-0.05, 0) is 30.7 Å². The van der Waals surface area contributed by atoms with Gasteiger partial charge in [0.15, 0.2) is 0 Å². The fraction of sp³-hybridized carbons (Fsp3) is 0.308. The summed E-state index contributed by atoms with van der Waals surface area (Å²) in [6.07, 6.45) is 3.43. The number of hydrogen-bond acceptors (Lipinski definition) is 4. The molecule has 0 bridgehead atoms. The van der Waals surface area contributed by atoms with E-state index >= 15 is 0 Å². The van der Waals surface area contributed by atoms with E-state index in [1.807, 2.05) is 6.92 Å². The summed E-state index contributed by atoms with van der Waals surface area (Å²) in [7, 11) is 0. The van der Waals surface area contributed by atoms with E-state index in [0.717, 1.165) is 0 Å². The molecule has 5 heteroatoms. The van der Waals surface area contributed by atoms with Crippen molar-refractivity contribution in [1.82, 2.24) is 5.32 Å². The molecule has 5 N–H and O–H groups in total. The maximum atomic E-state index is 11.5. The van der Waals surface area contributed by atoms with E-state index < -0.39 is 0 Å². The molecular formula is C13H18N2O3. The van der Waals surface area contributed by atoms with Crippen LogP contribution in [0.2, 0.25) is 0 Å². The second-order valence-corrected chi connectivity index (χ2v) is 3.95. The number of hydrogen-bond donors (Lipinski definition) is 4. The van der Waals surface area contributed by atoms with Crippen LogP contribution in [-0.4, -0.2) is 28.8 Å². The lowest BCUT2D eigenvalue weighted by molar-refractivity contribution is -0.117. The van der Waals surface area contributed by atoms with Gasteiger partial charge in [0.25, 0.3) is 0 Å². The first-order valence-corrected chi connectivity index (χ1v) is 5.74. The first-order valence-electron chi connectivity index (χ1n) is 5.74. The van der Waals surface area contributed by atoms with Crippen LogP contribution in [0.15, 0.2) is 24.3 Å². The number of nitrogen functional groups attached to an aromatic ring is 1. The molecule has 0 radical (unpaired) electrons. The molecule has 1 unspecified atom stereocenters. The third kappa shape index (κ3) is 4.10. The Morgan fingerprint density at radius 2 is 2.28 bits per heavy atom. The van der Waals surface area contributed by atoms with E-state index in [0.29, 0.717) is 17.7 Å². The Hall–Kier alpha value is -2.01. The highest BCUT2D eigenvalue weighted by Crippen LogP contribution is 2.20. The second-order valence-electron chi connectivity index (χ2n) is 3.95. The fourth-order valence-corrected chi connectivity index (χ4v) is 1.40. The number of benzene rings is 1. The first-order chi connectivity index (χ1) is 8.56. The summed E-state index contributed by atoms with van der Waals surface area (Å²) < 4.78 is 0. The van der Waals surface area contributed by atoms with Crippen molar-refractivity contribution in [3.63, 3.8) is 0 Å². The summed E-state index contributed by atoms with van der Waals surface area (Å²) in [6, 6.07) is 4.36. The van der Waals surface area contributed by atoms with Gasteiger partial charge in [-0.1, -0.05) is 6.92 Å². The van der Waals surface area contributed by atoms with Crippen molar-refractivity contribution in [3.05, 3.63) is 29.8 Å². The summed E-state index contributed by atoms with van der Waals surface area (Å²) in [5, 5.41) is 21.1. The van der Waals surface area contributed by atoms with Gasteiger partial charge in [0.2, 0.25) is 5.91 Å². The van der Waals surface area contributed by atoms with Crippen LogP contribution in [-0.2, 0) is 4.79 Å². The van der Waals surface area contributed by atoms with Crippen LogP contribution in [0.4, 0.5) is 5.69 Å². The lowest BCUT2D eigenvalue weighted by Crippen LogP contribution is -2.35. The van der Waals surface area contributed by atoms with Gasteiger partial charge in [-0.2, -0.15) is 0 Å². The molecule has 0 saturated heterocycles. The van der Waals surface area contributed by atoms with E-state index in [1.54, 1.807) is 12.1 Å². The predicted molar refractivity (Wildman–Crippen MR) is 70.9 cm³/mol. The average Bonchev–Trinajstić information content (AvgIpc) is 2.37. The highest BCUT2D eigenvalue weighted by atomic mass is 16.3. The zero-order valence-electron chi connectivity index (χ0n) is 10.3. The molecule has 0 saturated carbocycles. The number of nitrogens with two attached hydrogens (primary N) is 1. The van der Waals surface area contributed by atoms with Crippen molar-refractivity contribution in [1.29, 1.82) is 0 Å². The number of aliphatic hydroxyl groups excluding tert-OH is 1. The summed E-state index contributed by atoms with van der Waals surface area (Å²) >= 11 is 0. The molecule has 0 spiro atoms. The summed E-state index contributed by atoms with van der Waals surface area (Å²) in [6.45, 7) is 1.77. The molecule has 0 aliphatic rings. The second kappa shape index (κ2) is 6.66. The quantitative estimate of drug-likeness (QED) is 0.354. The molecule has 1 amide bonds. The number of nitrogens with one attached hydrogen (secondary N) is 1. The van der Waals surface area contributed by atoms with Crippen molar-refractivity contribution in [2.75, 3.05) is 12.3 Å². The van der Waals surface area contributed by atoms with Crippen molar-refractivity contribution < 1.29 is 15.0 Å². The number of aromatic hydroxyl groups is 1. The maximum absolute atomic E-state index is 11.5. The lowest BCUT2D eigenvalue weighted by Gasteiger charge is -2.11. The Labute approximate surface area is 106 Å². The number of phenols is 1. The maximum Gasteiger partial charge on any atom is 0.244 e. The van der Waals surface area contributed by atoms with Crippen LogP contribution in [0.25, 0.3) is 6.08 Å².